The Morgan fingerprint density at radius 2 is 1.93 bits per heavy atom. The maximum atomic E-state index is 8.62. The van der Waals surface area contributed by atoms with E-state index in [0.29, 0.717) is 0 Å². The minimum Gasteiger partial charge on any atom is -0.497 e. The second kappa shape index (κ2) is 6.65. The van der Waals surface area contributed by atoms with E-state index in [0.717, 1.165) is 12.2 Å². The number of hydrogen-bond acceptors (Lipinski definition) is 3. The number of hydrogen-bond donors (Lipinski definition) is 2. The molecule has 0 fully saturated rings. The van der Waals surface area contributed by atoms with Gasteiger partial charge in [-0.15, -0.1) is 12.4 Å². The Bertz CT molecular complexity index is 251. The Labute approximate surface area is 90.5 Å². The van der Waals surface area contributed by atoms with Gasteiger partial charge < -0.3 is 9.94 Å². The van der Waals surface area contributed by atoms with E-state index in [1.165, 1.54) is 5.56 Å². The zero-order valence-corrected chi connectivity index (χ0v) is 9.17. The van der Waals surface area contributed by atoms with E-state index in [9.17, 15) is 0 Å². The SMILES string of the molecule is COc1ccc(CC(C)NO)cc1.Cl. The number of halogens is 1. The van der Waals surface area contributed by atoms with Crippen molar-refractivity contribution in [2.45, 2.75) is 19.4 Å². The van der Waals surface area contributed by atoms with Gasteiger partial charge in [-0.2, -0.15) is 0 Å². The first-order valence-electron chi connectivity index (χ1n) is 4.29. The lowest BCUT2D eigenvalue weighted by molar-refractivity contribution is 0.133. The van der Waals surface area contributed by atoms with Crippen LogP contribution in [0.5, 0.6) is 5.75 Å². The van der Waals surface area contributed by atoms with Gasteiger partial charge in [0.05, 0.1) is 7.11 Å². The molecular formula is C10H16ClNO2. The van der Waals surface area contributed by atoms with Crippen LogP contribution in [0.1, 0.15) is 12.5 Å². The highest BCUT2D eigenvalue weighted by atomic mass is 35.5. The number of ether oxygens (including phenoxy) is 1. The van der Waals surface area contributed by atoms with Gasteiger partial charge in [-0.1, -0.05) is 12.1 Å². The highest BCUT2D eigenvalue weighted by molar-refractivity contribution is 5.85. The van der Waals surface area contributed by atoms with Crippen molar-refractivity contribution in [3.63, 3.8) is 0 Å². The van der Waals surface area contributed by atoms with Crippen LogP contribution in [0.4, 0.5) is 0 Å². The standard InChI is InChI=1S/C10H15NO2.ClH/c1-8(11-12)7-9-3-5-10(13-2)6-4-9;/h3-6,8,11-12H,7H2,1-2H3;1H. The van der Waals surface area contributed by atoms with E-state index in [4.69, 9.17) is 9.94 Å². The Kier molecular flexibility index (Phi) is 6.28. The van der Waals surface area contributed by atoms with E-state index in [1.807, 2.05) is 31.2 Å². The lowest BCUT2D eigenvalue weighted by Gasteiger charge is -2.08. The Morgan fingerprint density at radius 1 is 1.36 bits per heavy atom. The van der Waals surface area contributed by atoms with Gasteiger partial charge in [-0.05, 0) is 31.0 Å². The lowest BCUT2D eigenvalue weighted by atomic mass is 10.1. The zero-order valence-electron chi connectivity index (χ0n) is 8.36. The third-order valence-corrected chi connectivity index (χ3v) is 1.92. The molecule has 0 radical (unpaired) electrons. The summed E-state index contributed by atoms with van der Waals surface area (Å²) in [5, 5.41) is 8.62. The molecule has 0 aliphatic heterocycles. The van der Waals surface area contributed by atoms with Gasteiger partial charge >= 0.3 is 0 Å². The van der Waals surface area contributed by atoms with Crippen molar-refractivity contribution in [1.29, 1.82) is 0 Å². The van der Waals surface area contributed by atoms with E-state index in [1.54, 1.807) is 7.11 Å². The Morgan fingerprint density at radius 3 is 2.36 bits per heavy atom. The molecule has 1 aromatic rings. The summed E-state index contributed by atoms with van der Waals surface area (Å²) in [6, 6.07) is 7.89. The predicted molar refractivity (Wildman–Crippen MR) is 58.3 cm³/mol. The van der Waals surface area contributed by atoms with Gasteiger partial charge in [-0.3, -0.25) is 0 Å². The van der Waals surface area contributed by atoms with Gasteiger partial charge in [0.25, 0.3) is 0 Å². The number of hydroxylamine groups is 1. The number of rotatable bonds is 4. The Hall–Kier alpha value is -0.770. The van der Waals surface area contributed by atoms with Crippen molar-refractivity contribution < 1.29 is 9.94 Å². The average Bonchev–Trinajstić information content (AvgIpc) is 2.19. The third kappa shape index (κ3) is 3.96. The van der Waals surface area contributed by atoms with E-state index in [2.05, 4.69) is 5.48 Å². The first-order valence-corrected chi connectivity index (χ1v) is 4.29. The van der Waals surface area contributed by atoms with Crippen LogP contribution in [0.3, 0.4) is 0 Å². The van der Waals surface area contributed by atoms with E-state index >= 15 is 0 Å². The van der Waals surface area contributed by atoms with Crippen LogP contribution in [0.25, 0.3) is 0 Å². The normalized spacial score (nSPS) is 11.6. The number of nitrogens with one attached hydrogen (secondary N) is 1. The van der Waals surface area contributed by atoms with Crippen LogP contribution in [-0.4, -0.2) is 18.4 Å². The topological polar surface area (TPSA) is 41.5 Å². The molecule has 3 nitrogen and oxygen atoms in total. The largest absolute Gasteiger partial charge is 0.497 e. The van der Waals surface area contributed by atoms with Crippen LogP contribution in [0, 0.1) is 0 Å². The van der Waals surface area contributed by atoms with Crippen LogP contribution >= 0.6 is 12.4 Å². The second-order valence-electron chi connectivity index (χ2n) is 3.08. The summed E-state index contributed by atoms with van der Waals surface area (Å²) < 4.78 is 5.04. The van der Waals surface area contributed by atoms with Gasteiger partial charge in [0.1, 0.15) is 5.75 Å². The summed E-state index contributed by atoms with van der Waals surface area (Å²) >= 11 is 0. The van der Waals surface area contributed by atoms with Crippen molar-refractivity contribution in [1.82, 2.24) is 5.48 Å². The van der Waals surface area contributed by atoms with Crippen molar-refractivity contribution in [2.75, 3.05) is 7.11 Å². The van der Waals surface area contributed by atoms with Crippen LogP contribution in [0.2, 0.25) is 0 Å². The Balaban J connectivity index is 0.00000169. The summed E-state index contributed by atoms with van der Waals surface area (Å²) in [7, 11) is 1.65. The highest BCUT2D eigenvalue weighted by Crippen LogP contribution is 2.12. The zero-order chi connectivity index (χ0) is 9.68. The molecule has 1 rings (SSSR count). The molecular weight excluding hydrogens is 202 g/mol. The first kappa shape index (κ1) is 13.2. The molecule has 14 heavy (non-hydrogen) atoms. The quantitative estimate of drug-likeness (QED) is 0.759. The molecule has 0 amide bonds. The molecule has 0 bridgehead atoms. The highest BCUT2D eigenvalue weighted by Gasteiger charge is 2.00. The van der Waals surface area contributed by atoms with Crippen LogP contribution in [-0.2, 0) is 6.42 Å². The molecule has 0 aliphatic carbocycles. The molecule has 80 valence electrons. The molecule has 0 heterocycles. The fraction of sp³-hybridized carbons (Fsp3) is 0.400. The molecule has 1 aromatic carbocycles. The van der Waals surface area contributed by atoms with Crippen molar-refractivity contribution in [3.8, 4) is 5.75 Å². The molecule has 0 aromatic heterocycles. The minimum absolute atomic E-state index is 0. The molecule has 1 atom stereocenters. The van der Waals surface area contributed by atoms with Crippen LogP contribution < -0.4 is 10.2 Å². The lowest BCUT2D eigenvalue weighted by Crippen LogP contribution is -2.24. The monoisotopic (exact) mass is 217 g/mol. The summed E-state index contributed by atoms with van der Waals surface area (Å²) in [6.45, 7) is 1.92. The van der Waals surface area contributed by atoms with Gasteiger partial charge in [0, 0.05) is 6.04 Å². The van der Waals surface area contributed by atoms with Crippen LogP contribution in [0.15, 0.2) is 24.3 Å². The minimum atomic E-state index is 0. The number of benzene rings is 1. The molecule has 0 saturated carbocycles. The molecule has 4 heteroatoms. The summed E-state index contributed by atoms with van der Waals surface area (Å²) in [5.41, 5.74) is 3.39. The summed E-state index contributed by atoms with van der Waals surface area (Å²) in [6.07, 6.45) is 0.806. The fourth-order valence-corrected chi connectivity index (χ4v) is 1.16. The molecule has 2 N–H and O–H groups in total. The number of methoxy groups -OCH3 is 1. The van der Waals surface area contributed by atoms with Crippen molar-refractivity contribution in [2.24, 2.45) is 0 Å². The smallest absolute Gasteiger partial charge is 0.118 e. The maximum Gasteiger partial charge on any atom is 0.118 e. The first-order chi connectivity index (χ1) is 6.26. The maximum absolute atomic E-state index is 8.62. The molecule has 0 aliphatic rings. The molecule has 0 saturated heterocycles. The third-order valence-electron chi connectivity index (χ3n) is 1.92. The van der Waals surface area contributed by atoms with Gasteiger partial charge in [-0.25, -0.2) is 5.48 Å². The summed E-state index contributed by atoms with van der Waals surface area (Å²) in [5.74, 6) is 0.855. The second-order valence-corrected chi connectivity index (χ2v) is 3.08. The average molecular weight is 218 g/mol. The van der Waals surface area contributed by atoms with Gasteiger partial charge in [0.15, 0.2) is 0 Å². The molecule has 1 unspecified atom stereocenters. The predicted octanol–water partition coefficient (Wildman–Crippen LogP) is 2.03. The summed E-state index contributed by atoms with van der Waals surface area (Å²) in [4.78, 5) is 0. The molecule has 0 spiro atoms. The fourth-order valence-electron chi connectivity index (χ4n) is 1.16. The van der Waals surface area contributed by atoms with Crippen molar-refractivity contribution >= 4 is 12.4 Å². The van der Waals surface area contributed by atoms with E-state index in [-0.39, 0.29) is 18.4 Å². The van der Waals surface area contributed by atoms with Gasteiger partial charge in [0.2, 0.25) is 0 Å². The van der Waals surface area contributed by atoms with E-state index < -0.39 is 0 Å². The van der Waals surface area contributed by atoms with Crippen molar-refractivity contribution in [3.05, 3.63) is 29.8 Å².